The van der Waals surface area contributed by atoms with Gasteiger partial charge in [0, 0.05) is 37.6 Å². The lowest BCUT2D eigenvalue weighted by molar-refractivity contribution is 0.0697. The third kappa shape index (κ3) is 5.43. The number of rotatable bonds is 5. The number of carbonyl (C=O) groups is 1. The Morgan fingerprint density at radius 1 is 0.938 bits per heavy atom. The minimum atomic E-state index is -0.968. The van der Waals surface area contributed by atoms with Crippen molar-refractivity contribution in [3.05, 3.63) is 95.8 Å². The Morgan fingerprint density at radius 3 is 2.34 bits per heavy atom. The van der Waals surface area contributed by atoms with Crippen molar-refractivity contribution in [3.8, 4) is 0 Å². The molecule has 1 fully saturated rings. The van der Waals surface area contributed by atoms with Crippen molar-refractivity contribution in [2.75, 3.05) is 36.4 Å². The molecule has 0 unspecified atom stereocenters. The lowest BCUT2D eigenvalue weighted by atomic mass is 10.2. The van der Waals surface area contributed by atoms with Gasteiger partial charge in [0.05, 0.1) is 12.1 Å². The van der Waals surface area contributed by atoms with Gasteiger partial charge in [0.2, 0.25) is 0 Å². The maximum absolute atomic E-state index is 13.2. The number of anilines is 2. The Kier molecular flexibility index (Phi) is 6.65. The highest BCUT2D eigenvalue weighted by atomic mass is 19.1. The van der Waals surface area contributed by atoms with E-state index in [-0.39, 0.29) is 11.4 Å². The van der Waals surface area contributed by atoms with Crippen LogP contribution in [0.5, 0.6) is 0 Å². The van der Waals surface area contributed by atoms with Gasteiger partial charge in [0.1, 0.15) is 5.82 Å². The molecule has 3 aromatic rings. The Hall–Kier alpha value is -3.87. The van der Waals surface area contributed by atoms with Gasteiger partial charge >= 0.3 is 5.97 Å². The molecular weight excluding hydrogens is 407 g/mol. The van der Waals surface area contributed by atoms with Crippen molar-refractivity contribution in [1.29, 1.82) is 0 Å². The highest BCUT2D eigenvalue weighted by Gasteiger charge is 2.20. The molecule has 4 rings (SSSR count). The Morgan fingerprint density at radius 2 is 1.66 bits per heavy atom. The molecular formula is C25H25FN4O2. The lowest BCUT2D eigenvalue weighted by Crippen LogP contribution is -2.50. The molecule has 3 aromatic carbocycles. The summed E-state index contributed by atoms with van der Waals surface area (Å²) >= 11 is 0. The molecule has 0 radical (unpaired) electrons. The van der Waals surface area contributed by atoms with E-state index in [1.807, 2.05) is 36.4 Å². The quantitative estimate of drug-likeness (QED) is 0.464. The minimum Gasteiger partial charge on any atom is -0.478 e. The van der Waals surface area contributed by atoms with Crippen molar-refractivity contribution in [2.24, 2.45) is 4.99 Å². The van der Waals surface area contributed by atoms with E-state index in [9.17, 15) is 14.3 Å². The first-order valence-electron chi connectivity index (χ1n) is 10.5. The van der Waals surface area contributed by atoms with Gasteiger partial charge in [0.15, 0.2) is 5.96 Å². The van der Waals surface area contributed by atoms with E-state index >= 15 is 0 Å². The molecule has 0 amide bonds. The van der Waals surface area contributed by atoms with Gasteiger partial charge in [-0.15, -0.1) is 0 Å². The summed E-state index contributed by atoms with van der Waals surface area (Å²) in [6, 6.07) is 23.3. The van der Waals surface area contributed by atoms with Gasteiger partial charge in [0.25, 0.3) is 0 Å². The molecule has 1 heterocycles. The monoisotopic (exact) mass is 432 g/mol. The van der Waals surface area contributed by atoms with Crippen LogP contribution in [0.1, 0.15) is 15.9 Å². The smallest absolute Gasteiger partial charge is 0.335 e. The molecule has 0 aliphatic carbocycles. The van der Waals surface area contributed by atoms with E-state index in [0.29, 0.717) is 18.2 Å². The van der Waals surface area contributed by atoms with Gasteiger partial charge in [-0.05, 0) is 48.0 Å². The van der Waals surface area contributed by atoms with Crippen LogP contribution in [0.25, 0.3) is 0 Å². The van der Waals surface area contributed by atoms with E-state index in [4.69, 9.17) is 4.99 Å². The fraction of sp³-hybridized carbons (Fsp3) is 0.200. The summed E-state index contributed by atoms with van der Waals surface area (Å²) in [5, 5.41) is 12.6. The van der Waals surface area contributed by atoms with Crippen LogP contribution in [0.4, 0.5) is 15.8 Å². The predicted octanol–water partition coefficient (Wildman–Crippen LogP) is 4.31. The zero-order valence-electron chi connectivity index (χ0n) is 17.6. The summed E-state index contributed by atoms with van der Waals surface area (Å²) < 4.78 is 13.2. The van der Waals surface area contributed by atoms with Crippen LogP contribution in [0.15, 0.2) is 83.9 Å². The first-order chi connectivity index (χ1) is 15.6. The highest BCUT2D eigenvalue weighted by molar-refractivity contribution is 5.96. The number of benzene rings is 3. The standard InChI is InChI=1S/C25H25FN4O2/c26-21-9-11-23(12-10-21)29-13-15-30(16-14-29)25(27-18-19-5-2-1-3-6-19)28-22-8-4-7-20(17-22)24(31)32/h1-12,17H,13-16,18H2,(H,27,28)(H,31,32). The molecule has 164 valence electrons. The van der Waals surface area contributed by atoms with Gasteiger partial charge in [-0.1, -0.05) is 36.4 Å². The van der Waals surface area contributed by atoms with Gasteiger partial charge in [-0.3, -0.25) is 0 Å². The molecule has 6 nitrogen and oxygen atoms in total. The maximum atomic E-state index is 13.2. The Balaban J connectivity index is 1.50. The SMILES string of the molecule is O=C(O)c1cccc(NC(=NCc2ccccc2)N2CCN(c3ccc(F)cc3)CC2)c1. The van der Waals surface area contributed by atoms with Gasteiger partial charge in [-0.25, -0.2) is 14.2 Å². The fourth-order valence-corrected chi connectivity index (χ4v) is 3.66. The predicted molar refractivity (Wildman–Crippen MR) is 125 cm³/mol. The van der Waals surface area contributed by atoms with E-state index in [1.54, 1.807) is 30.3 Å². The van der Waals surface area contributed by atoms with Crippen LogP contribution in [-0.4, -0.2) is 48.1 Å². The summed E-state index contributed by atoms with van der Waals surface area (Å²) in [5.74, 6) is -0.505. The molecule has 7 heteroatoms. The second-order valence-corrected chi connectivity index (χ2v) is 7.59. The molecule has 0 bridgehead atoms. The van der Waals surface area contributed by atoms with E-state index in [2.05, 4.69) is 15.1 Å². The molecule has 0 spiro atoms. The molecule has 0 saturated carbocycles. The molecule has 1 aliphatic heterocycles. The Bertz CT molecular complexity index is 1080. The molecule has 0 atom stereocenters. The number of piperazine rings is 1. The van der Waals surface area contributed by atoms with Crippen LogP contribution in [0.2, 0.25) is 0 Å². The molecule has 1 saturated heterocycles. The highest BCUT2D eigenvalue weighted by Crippen LogP contribution is 2.18. The number of aromatic carboxylic acids is 1. The third-order valence-electron chi connectivity index (χ3n) is 5.39. The van der Waals surface area contributed by atoms with E-state index in [0.717, 1.165) is 37.4 Å². The number of aliphatic imine (C=N–C) groups is 1. The second kappa shape index (κ2) is 9.96. The summed E-state index contributed by atoms with van der Waals surface area (Å²) in [6.07, 6.45) is 0. The topological polar surface area (TPSA) is 68.2 Å². The summed E-state index contributed by atoms with van der Waals surface area (Å²) in [5.41, 5.74) is 2.99. The fourth-order valence-electron chi connectivity index (χ4n) is 3.66. The number of halogens is 1. The number of nitrogens with one attached hydrogen (secondary N) is 1. The molecule has 32 heavy (non-hydrogen) atoms. The van der Waals surface area contributed by atoms with Crippen molar-refractivity contribution < 1.29 is 14.3 Å². The van der Waals surface area contributed by atoms with Gasteiger partial charge < -0.3 is 20.2 Å². The maximum Gasteiger partial charge on any atom is 0.335 e. The lowest BCUT2D eigenvalue weighted by Gasteiger charge is -2.37. The van der Waals surface area contributed by atoms with E-state index in [1.165, 1.54) is 12.1 Å². The number of guanidine groups is 1. The van der Waals surface area contributed by atoms with Gasteiger partial charge in [-0.2, -0.15) is 0 Å². The zero-order chi connectivity index (χ0) is 22.3. The van der Waals surface area contributed by atoms with Crippen molar-refractivity contribution in [3.63, 3.8) is 0 Å². The molecule has 1 aliphatic rings. The summed E-state index contributed by atoms with van der Waals surface area (Å²) in [7, 11) is 0. The summed E-state index contributed by atoms with van der Waals surface area (Å²) in [4.78, 5) is 20.5. The molecule has 2 N–H and O–H groups in total. The average molecular weight is 432 g/mol. The normalized spacial score (nSPS) is 14.3. The Labute approximate surface area is 186 Å². The second-order valence-electron chi connectivity index (χ2n) is 7.59. The van der Waals surface area contributed by atoms with Crippen LogP contribution in [0, 0.1) is 5.82 Å². The van der Waals surface area contributed by atoms with Crippen LogP contribution in [0.3, 0.4) is 0 Å². The average Bonchev–Trinajstić information content (AvgIpc) is 2.83. The zero-order valence-corrected chi connectivity index (χ0v) is 17.6. The van der Waals surface area contributed by atoms with Crippen molar-refractivity contribution >= 4 is 23.3 Å². The summed E-state index contributed by atoms with van der Waals surface area (Å²) in [6.45, 7) is 3.52. The van der Waals surface area contributed by atoms with Crippen molar-refractivity contribution in [1.82, 2.24) is 4.90 Å². The van der Waals surface area contributed by atoms with Crippen LogP contribution in [-0.2, 0) is 6.54 Å². The number of hydrogen-bond acceptors (Lipinski definition) is 3. The largest absolute Gasteiger partial charge is 0.478 e. The molecule has 0 aromatic heterocycles. The number of nitrogens with zero attached hydrogens (tertiary/aromatic N) is 3. The number of carboxylic acid groups (broad SMARTS) is 1. The van der Waals surface area contributed by atoms with Crippen LogP contribution >= 0.6 is 0 Å². The van der Waals surface area contributed by atoms with Crippen molar-refractivity contribution in [2.45, 2.75) is 6.54 Å². The first kappa shape index (κ1) is 21.4. The number of hydrogen-bond donors (Lipinski definition) is 2. The first-order valence-corrected chi connectivity index (χ1v) is 10.5. The van der Waals surface area contributed by atoms with E-state index < -0.39 is 5.97 Å². The minimum absolute atomic E-state index is 0.221. The third-order valence-corrected chi connectivity index (χ3v) is 5.39. The number of carboxylic acids is 1. The van der Waals surface area contributed by atoms with Crippen LogP contribution < -0.4 is 10.2 Å².